The SMILES string of the molecule is CC1=C(O)N(C)CC([N+](=O)[O-])=C1. The summed E-state index contributed by atoms with van der Waals surface area (Å²) in [5.41, 5.74) is 0.628. The van der Waals surface area contributed by atoms with E-state index in [1.54, 1.807) is 14.0 Å². The van der Waals surface area contributed by atoms with E-state index in [1.807, 2.05) is 0 Å². The number of hydrogen-bond donors (Lipinski definition) is 1. The van der Waals surface area contributed by atoms with Gasteiger partial charge in [0, 0.05) is 18.7 Å². The van der Waals surface area contributed by atoms with E-state index in [-0.39, 0.29) is 18.1 Å². The van der Waals surface area contributed by atoms with Gasteiger partial charge in [0.1, 0.15) is 6.54 Å². The van der Waals surface area contributed by atoms with Gasteiger partial charge < -0.3 is 10.0 Å². The molecule has 12 heavy (non-hydrogen) atoms. The maximum absolute atomic E-state index is 10.4. The van der Waals surface area contributed by atoms with Crippen LogP contribution in [0.4, 0.5) is 0 Å². The lowest BCUT2D eigenvalue weighted by molar-refractivity contribution is -0.428. The molecular weight excluding hydrogens is 160 g/mol. The van der Waals surface area contributed by atoms with Gasteiger partial charge >= 0.3 is 0 Å². The summed E-state index contributed by atoms with van der Waals surface area (Å²) in [6.45, 7) is 1.78. The first-order chi connectivity index (χ1) is 5.52. The molecule has 0 aromatic rings. The fraction of sp³-hybridized carbons (Fsp3) is 0.429. The van der Waals surface area contributed by atoms with Gasteiger partial charge in [-0.25, -0.2) is 0 Å². The van der Waals surface area contributed by atoms with Crippen molar-refractivity contribution < 1.29 is 10.0 Å². The van der Waals surface area contributed by atoms with Crippen LogP contribution < -0.4 is 0 Å². The highest BCUT2D eigenvalue weighted by Gasteiger charge is 2.21. The Balaban J connectivity index is 2.98. The third kappa shape index (κ3) is 1.39. The molecule has 0 amide bonds. The standard InChI is InChI=1S/C7H10N2O3/c1-5-3-6(9(11)12)4-8(2)7(5)10/h3,10H,4H2,1-2H3. The van der Waals surface area contributed by atoms with Crippen molar-refractivity contribution >= 4 is 0 Å². The molecule has 1 rings (SSSR count). The van der Waals surface area contributed by atoms with Crippen LogP contribution in [0.2, 0.25) is 0 Å². The molecule has 0 unspecified atom stereocenters. The van der Waals surface area contributed by atoms with E-state index in [9.17, 15) is 15.2 Å². The minimum absolute atomic E-state index is 0.0978. The molecule has 0 fully saturated rings. The van der Waals surface area contributed by atoms with Gasteiger partial charge in [-0.1, -0.05) is 0 Å². The van der Waals surface area contributed by atoms with Gasteiger partial charge in [-0.3, -0.25) is 10.1 Å². The Kier molecular flexibility index (Phi) is 2.03. The number of nitrogens with zero attached hydrogens (tertiary/aromatic N) is 2. The smallest absolute Gasteiger partial charge is 0.265 e. The van der Waals surface area contributed by atoms with E-state index in [0.717, 1.165) is 0 Å². The molecule has 1 aliphatic heterocycles. The van der Waals surface area contributed by atoms with Crippen molar-refractivity contribution in [3.8, 4) is 0 Å². The predicted octanol–water partition coefficient (Wildman–Crippen LogP) is 0.882. The summed E-state index contributed by atoms with van der Waals surface area (Å²) in [6.07, 6.45) is 1.38. The van der Waals surface area contributed by atoms with Crippen molar-refractivity contribution in [1.29, 1.82) is 0 Å². The molecule has 66 valence electrons. The van der Waals surface area contributed by atoms with Crippen molar-refractivity contribution in [2.45, 2.75) is 6.92 Å². The molecule has 0 aromatic carbocycles. The highest BCUT2D eigenvalue weighted by molar-refractivity contribution is 5.25. The van der Waals surface area contributed by atoms with Gasteiger partial charge in [0.2, 0.25) is 0 Å². The maximum atomic E-state index is 10.4. The van der Waals surface area contributed by atoms with Crippen molar-refractivity contribution in [1.82, 2.24) is 4.90 Å². The second-order valence-electron chi connectivity index (χ2n) is 2.76. The number of nitro groups is 1. The summed E-state index contributed by atoms with van der Waals surface area (Å²) in [7, 11) is 1.61. The van der Waals surface area contributed by atoms with Gasteiger partial charge in [0.15, 0.2) is 5.88 Å². The molecule has 1 N–H and O–H groups in total. The van der Waals surface area contributed by atoms with E-state index < -0.39 is 4.92 Å². The molecule has 5 nitrogen and oxygen atoms in total. The van der Waals surface area contributed by atoms with Gasteiger partial charge in [-0.15, -0.1) is 0 Å². The largest absolute Gasteiger partial charge is 0.494 e. The van der Waals surface area contributed by atoms with Crippen LogP contribution in [0.1, 0.15) is 6.92 Å². The molecule has 0 aromatic heterocycles. The fourth-order valence-corrected chi connectivity index (χ4v) is 1.09. The predicted molar refractivity (Wildman–Crippen MR) is 43.0 cm³/mol. The minimum atomic E-state index is -0.438. The van der Waals surface area contributed by atoms with Crippen LogP contribution in [0.3, 0.4) is 0 Å². The Hall–Kier alpha value is -1.52. The second-order valence-corrected chi connectivity index (χ2v) is 2.76. The number of hydrogen-bond acceptors (Lipinski definition) is 4. The molecule has 0 atom stereocenters. The van der Waals surface area contributed by atoms with Crippen LogP contribution in [0, 0.1) is 10.1 Å². The third-order valence-electron chi connectivity index (χ3n) is 1.73. The fourth-order valence-electron chi connectivity index (χ4n) is 1.09. The highest BCUT2D eigenvalue weighted by Crippen LogP contribution is 2.16. The monoisotopic (exact) mass is 170 g/mol. The lowest BCUT2D eigenvalue weighted by Gasteiger charge is -2.20. The third-order valence-corrected chi connectivity index (χ3v) is 1.73. The Morgan fingerprint density at radius 2 is 2.33 bits per heavy atom. The zero-order chi connectivity index (χ0) is 9.30. The van der Waals surface area contributed by atoms with E-state index in [1.165, 1.54) is 11.0 Å². The first-order valence-electron chi connectivity index (χ1n) is 3.48. The molecule has 0 radical (unpaired) electrons. The average Bonchev–Trinajstić information content (AvgIpc) is 1.99. The summed E-state index contributed by atoms with van der Waals surface area (Å²) < 4.78 is 0. The van der Waals surface area contributed by atoms with Gasteiger partial charge in [0.25, 0.3) is 5.70 Å². The lowest BCUT2D eigenvalue weighted by Crippen LogP contribution is -2.27. The molecule has 1 heterocycles. The first kappa shape index (κ1) is 8.58. The topological polar surface area (TPSA) is 66.6 Å². The van der Waals surface area contributed by atoms with Crippen molar-refractivity contribution in [2.75, 3.05) is 13.6 Å². The van der Waals surface area contributed by atoms with E-state index in [2.05, 4.69) is 0 Å². The molecular formula is C7H10N2O3. The zero-order valence-electron chi connectivity index (χ0n) is 6.94. The number of rotatable bonds is 1. The van der Waals surface area contributed by atoms with Crippen molar-refractivity contribution in [3.63, 3.8) is 0 Å². The highest BCUT2D eigenvalue weighted by atomic mass is 16.6. The number of aliphatic hydroxyl groups is 1. The van der Waals surface area contributed by atoms with E-state index in [4.69, 9.17) is 0 Å². The summed E-state index contributed by atoms with van der Waals surface area (Å²) in [5.74, 6) is 0.0978. The summed E-state index contributed by atoms with van der Waals surface area (Å²) in [5, 5.41) is 19.6. The van der Waals surface area contributed by atoms with Gasteiger partial charge in [-0.2, -0.15) is 0 Å². The second kappa shape index (κ2) is 2.84. The van der Waals surface area contributed by atoms with Crippen LogP contribution in [-0.2, 0) is 0 Å². The lowest BCUT2D eigenvalue weighted by atomic mass is 10.2. The maximum Gasteiger partial charge on any atom is 0.265 e. The van der Waals surface area contributed by atoms with Crippen LogP contribution in [-0.4, -0.2) is 28.5 Å². The Morgan fingerprint density at radius 1 is 1.75 bits per heavy atom. The normalized spacial score (nSPS) is 17.8. The minimum Gasteiger partial charge on any atom is -0.494 e. The first-order valence-corrected chi connectivity index (χ1v) is 3.48. The number of aliphatic hydroxyl groups excluding tert-OH is 1. The van der Waals surface area contributed by atoms with E-state index in [0.29, 0.717) is 5.57 Å². The summed E-state index contributed by atoms with van der Waals surface area (Å²) in [6, 6.07) is 0. The van der Waals surface area contributed by atoms with Crippen molar-refractivity contribution in [2.24, 2.45) is 0 Å². The number of likely N-dealkylation sites (N-methyl/N-ethyl adjacent to an activating group) is 1. The zero-order valence-corrected chi connectivity index (χ0v) is 6.94. The molecule has 1 aliphatic rings. The molecule has 0 saturated carbocycles. The van der Waals surface area contributed by atoms with Crippen LogP contribution in [0.15, 0.2) is 23.2 Å². The Bertz CT molecular complexity index is 280. The van der Waals surface area contributed by atoms with E-state index >= 15 is 0 Å². The number of allylic oxidation sites excluding steroid dienone is 2. The summed E-state index contributed by atoms with van der Waals surface area (Å²) in [4.78, 5) is 11.4. The molecule has 5 heteroatoms. The van der Waals surface area contributed by atoms with Crippen molar-refractivity contribution in [3.05, 3.63) is 33.3 Å². The average molecular weight is 170 g/mol. The van der Waals surface area contributed by atoms with Gasteiger partial charge in [-0.05, 0) is 6.92 Å². The molecule has 0 saturated heterocycles. The molecule has 0 bridgehead atoms. The van der Waals surface area contributed by atoms with Crippen LogP contribution in [0.5, 0.6) is 0 Å². The molecule has 0 spiro atoms. The van der Waals surface area contributed by atoms with Crippen LogP contribution in [0.25, 0.3) is 0 Å². The van der Waals surface area contributed by atoms with Gasteiger partial charge in [0.05, 0.1) is 4.92 Å². The summed E-state index contributed by atoms with van der Waals surface area (Å²) >= 11 is 0. The quantitative estimate of drug-likeness (QED) is 0.468. The molecule has 0 aliphatic carbocycles. The van der Waals surface area contributed by atoms with Crippen LogP contribution >= 0.6 is 0 Å². The Labute approximate surface area is 69.8 Å². The Morgan fingerprint density at radius 3 is 2.75 bits per heavy atom.